The number of nitrogens with zero attached hydrogens (tertiary/aromatic N) is 3. The van der Waals surface area contributed by atoms with Crippen LogP contribution in [0.1, 0.15) is 6.42 Å². The quantitative estimate of drug-likeness (QED) is 0.556. The third kappa shape index (κ3) is 3.78. The van der Waals surface area contributed by atoms with Crippen molar-refractivity contribution in [1.29, 1.82) is 0 Å². The van der Waals surface area contributed by atoms with Gasteiger partial charge in [0.2, 0.25) is 11.8 Å². The number of rotatable bonds is 4. The molecule has 0 aromatic carbocycles. The van der Waals surface area contributed by atoms with Gasteiger partial charge in [-0.05, 0) is 0 Å². The molecule has 2 heterocycles. The first-order valence-corrected chi connectivity index (χ1v) is 6.34. The lowest BCUT2D eigenvalue weighted by molar-refractivity contribution is -0.130. The highest BCUT2D eigenvalue weighted by molar-refractivity contribution is 8.15. The topological polar surface area (TPSA) is 135 Å². The van der Waals surface area contributed by atoms with E-state index >= 15 is 0 Å². The van der Waals surface area contributed by atoms with Crippen LogP contribution in [0.15, 0.2) is 12.7 Å². The normalized spacial score (nSPS) is 17.7. The Labute approximate surface area is 116 Å². The predicted octanol–water partition coefficient (Wildman–Crippen LogP) is -1.83. The summed E-state index contributed by atoms with van der Waals surface area (Å²) in [7, 11) is 0. The minimum Gasteiger partial charge on any atom is -0.286 e. The molecule has 1 aromatic heterocycles. The molecule has 0 spiro atoms. The van der Waals surface area contributed by atoms with E-state index in [0.29, 0.717) is 0 Å². The summed E-state index contributed by atoms with van der Waals surface area (Å²) in [5, 5.41) is 4.54. The molecule has 0 bridgehead atoms. The zero-order valence-electron chi connectivity index (χ0n) is 10.0. The number of carbonyl (C=O) groups excluding carboxylic acids is 4. The lowest BCUT2D eigenvalue weighted by atomic mass is 10.3. The second-order valence-corrected chi connectivity index (χ2v) is 4.95. The number of hydrogen-bond donors (Lipinski definition) is 3. The Morgan fingerprint density at radius 3 is 2.70 bits per heavy atom. The number of hydrazine groups is 1. The van der Waals surface area contributed by atoms with Crippen molar-refractivity contribution >= 4 is 34.7 Å². The minimum absolute atomic E-state index is 0.0998. The van der Waals surface area contributed by atoms with Gasteiger partial charge >= 0.3 is 0 Å². The third-order valence-electron chi connectivity index (χ3n) is 2.25. The fourth-order valence-electron chi connectivity index (χ4n) is 1.39. The molecule has 1 saturated heterocycles. The maximum Gasteiger partial charge on any atom is 0.286 e. The zero-order valence-corrected chi connectivity index (χ0v) is 10.8. The Kier molecular flexibility index (Phi) is 4.30. The summed E-state index contributed by atoms with van der Waals surface area (Å²) < 4.78 is 1.28. The first-order valence-electron chi connectivity index (χ1n) is 5.46. The van der Waals surface area contributed by atoms with Crippen LogP contribution in [-0.2, 0) is 20.9 Å². The summed E-state index contributed by atoms with van der Waals surface area (Å²) >= 11 is 0.745. The molecule has 0 unspecified atom stereocenters. The Balaban J connectivity index is 1.71. The molecule has 2 rings (SSSR count). The van der Waals surface area contributed by atoms with E-state index in [0.717, 1.165) is 11.8 Å². The number of aromatic nitrogens is 3. The van der Waals surface area contributed by atoms with Gasteiger partial charge in [-0.1, -0.05) is 11.8 Å². The summed E-state index contributed by atoms with van der Waals surface area (Å²) in [5.41, 5.74) is 4.32. The van der Waals surface area contributed by atoms with Crippen LogP contribution in [0, 0.1) is 0 Å². The van der Waals surface area contributed by atoms with E-state index in [2.05, 4.69) is 26.3 Å². The number of nitrogens with one attached hydrogen (secondary N) is 3. The number of carbonyl (C=O) groups is 4. The number of imide groups is 1. The van der Waals surface area contributed by atoms with E-state index in [1.165, 1.54) is 17.3 Å². The number of amides is 4. The van der Waals surface area contributed by atoms with Gasteiger partial charge in [0, 0.05) is 6.42 Å². The lowest BCUT2D eigenvalue weighted by Crippen LogP contribution is -2.44. The molecule has 1 aliphatic rings. The molecule has 3 N–H and O–H groups in total. The Morgan fingerprint density at radius 1 is 1.35 bits per heavy atom. The van der Waals surface area contributed by atoms with Gasteiger partial charge in [0.1, 0.15) is 24.4 Å². The van der Waals surface area contributed by atoms with E-state index in [4.69, 9.17) is 0 Å². The molecule has 1 fully saturated rings. The van der Waals surface area contributed by atoms with Crippen molar-refractivity contribution in [2.75, 3.05) is 0 Å². The second-order valence-electron chi connectivity index (χ2n) is 3.78. The van der Waals surface area contributed by atoms with Gasteiger partial charge in [-0.3, -0.25) is 35.3 Å². The van der Waals surface area contributed by atoms with Crippen molar-refractivity contribution in [3.05, 3.63) is 12.7 Å². The maximum absolute atomic E-state index is 11.5. The van der Waals surface area contributed by atoms with E-state index in [9.17, 15) is 19.2 Å². The van der Waals surface area contributed by atoms with Crippen molar-refractivity contribution in [1.82, 2.24) is 30.9 Å². The molecular weight excluding hydrogens is 288 g/mol. The predicted molar refractivity (Wildman–Crippen MR) is 65.8 cm³/mol. The fraction of sp³-hybridized carbons (Fsp3) is 0.333. The first kappa shape index (κ1) is 14.0. The SMILES string of the molecule is O=C(C[C@@H]1SC(=O)NC1=O)NNC(=O)Cn1cncn1. The van der Waals surface area contributed by atoms with Crippen molar-refractivity contribution in [3.63, 3.8) is 0 Å². The lowest BCUT2D eigenvalue weighted by Gasteiger charge is -2.08. The summed E-state index contributed by atoms with van der Waals surface area (Å²) in [4.78, 5) is 48.7. The monoisotopic (exact) mass is 298 g/mol. The van der Waals surface area contributed by atoms with E-state index in [1.54, 1.807) is 0 Å². The van der Waals surface area contributed by atoms with Crippen LogP contribution in [0.4, 0.5) is 4.79 Å². The van der Waals surface area contributed by atoms with Crippen molar-refractivity contribution in [2.24, 2.45) is 0 Å². The van der Waals surface area contributed by atoms with E-state index in [-0.39, 0.29) is 13.0 Å². The van der Waals surface area contributed by atoms with Gasteiger partial charge in [-0.2, -0.15) is 5.10 Å². The largest absolute Gasteiger partial charge is 0.286 e. The van der Waals surface area contributed by atoms with Crippen LogP contribution in [0.5, 0.6) is 0 Å². The van der Waals surface area contributed by atoms with Crippen LogP contribution in [0.3, 0.4) is 0 Å². The highest BCUT2D eigenvalue weighted by Gasteiger charge is 2.33. The number of thioether (sulfide) groups is 1. The molecule has 0 radical (unpaired) electrons. The molecule has 11 heteroatoms. The molecular formula is C9H10N6O4S. The molecule has 1 aliphatic heterocycles. The van der Waals surface area contributed by atoms with Crippen LogP contribution in [0.25, 0.3) is 0 Å². The molecule has 1 aromatic rings. The summed E-state index contributed by atoms with van der Waals surface area (Å²) in [6, 6.07) is 0. The molecule has 0 aliphatic carbocycles. The van der Waals surface area contributed by atoms with Gasteiger partial charge in [0.25, 0.3) is 11.1 Å². The molecule has 0 saturated carbocycles. The van der Waals surface area contributed by atoms with Gasteiger partial charge in [-0.15, -0.1) is 0 Å². The smallest absolute Gasteiger partial charge is 0.286 e. The molecule has 1 atom stereocenters. The van der Waals surface area contributed by atoms with Crippen molar-refractivity contribution in [2.45, 2.75) is 18.2 Å². The van der Waals surface area contributed by atoms with Crippen molar-refractivity contribution < 1.29 is 19.2 Å². The minimum atomic E-state index is -0.769. The van der Waals surface area contributed by atoms with E-state index < -0.39 is 28.2 Å². The van der Waals surface area contributed by atoms with Gasteiger partial charge in [0.05, 0.1) is 0 Å². The van der Waals surface area contributed by atoms with Gasteiger partial charge in [-0.25, -0.2) is 9.67 Å². The third-order valence-corrected chi connectivity index (χ3v) is 3.23. The first-order chi connectivity index (χ1) is 9.54. The standard InChI is InChI=1S/C9H10N6O4S/c16-6(1-5-8(18)12-9(19)20-5)13-14-7(17)2-15-4-10-3-11-15/h3-5H,1-2H2,(H,13,16)(H,14,17)(H,12,18,19)/t5-/m0/s1. The average Bonchev–Trinajstić information content (AvgIpc) is 2.98. The van der Waals surface area contributed by atoms with Crippen LogP contribution in [0.2, 0.25) is 0 Å². The maximum atomic E-state index is 11.5. The zero-order chi connectivity index (χ0) is 14.5. The Bertz CT molecular complexity index is 545. The fourth-order valence-corrected chi connectivity index (χ4v) is 2.21. The molecule has 4 amide bonds. The van der Waals surface area contributed by atoms with Crippen LogP contribution >= 0.6 is 11.8 Å². The highest BCUT2D eigenvalue weighted by atomic mass is 32.2. The summed E-state index contributed by atoms with van der Waals surface area (Å²) in [5.74, 6) is -1.58. The summed E-state index contributed by atoms with van der Waals surface area (Å²) in [6.07, 6.45) is 2.43. The van der Waals surface area contributed by atoms with Crippen LogP contribution < -0.4 is 16.2 Å². The Morgan fingerprint density at radius 2 is 2.10 bits per heavy atom. The number of hydrogen-bond acceptors (Lipinski definition) is 7. The van der Waals surface area contributed by atoms with E-state index in [1.807, 2.05) is 0 Å². The molecule has 20 heavy (non-hydrogen) atoms. The average molecular weight is 298 g/mol. The van der Waals surface area contributed by atoms with Gasteiger partial charge in [0.15, 0.2) is 0 Å². The molecule has 10 nitrogen and oxygen atoms in total. The Hall–Kier alpha value is -2.43. The highest BCUT2D eigenvalue weighted by Crippen LogP contribution is 2.21. The second kappa shape index (κ2) is 6.14. The summed E-state index contributed by atoms with van der Waals surface area (Å²) in [6.45, 7) is -0.0998. The van der Waals surface area contributed by atoms with Crippen LogP contribution in [-0.4, -0.2) is 43.0 Å². The van der Waals surface area contributed by atoms with Crippen molar-refractivity contribution in [3.8, 4) is 0 Å². The van der Waals surface area contributed by atoms with Gasteiger partial charge < -0.3 is 0 Å². The molecule has 106 valence electrons.